The van der Waals surface area contributed by atoms with Crippen molar-refractivity contribution in [3.05, 3.63) is 41.5 Å². The number of benzene rings is 1. The maximum absolute atomic E-state index is 12.9. The Morgan fingerprint density at radius 3 is 2.88 bits per heavy atom. The van der Waals surface area contributed by atoms with Gasteiger partial charge in [0.1, 0.15) is 11.9 Å². The molecule has 1 aromatic carbocycles. The summed E-state index contributed by atoms with van der Waals surface area (Å²) in [6, 6.07) is 8.36. The Morgan fingerprint density at radius 1 is 1.38 bits per heavy atom. The zero-order chi connectivity index (χ0) is 18.8. The summed E-state index contributed by atoms with van der Waals surface area (Å²) in [6.45, 7) is 5.50. The average Bonchev–Trinajstić information content (AvgIpc) is 2.62. The normalized spacial score (nSPS) is 14.4. The first-order chi connectivity index (χ1) is 12.4. The molecule has 0 saturated carbocycles. The van der Waals surface area contributed by atoms with Crippen LogP contribution in [-0.4, -0.2) is 29.4 Å². The van der Waals surface area contributed by atoms with Crippen molar-refractivity contribution in [1.82, 2.24) is 4.98 Å². The summed E-state index contributed by atoms with van der Waals surface area (Å²) >= 11 is 0. The number of nitrogens with zero attached hydrogens (tertiary/aromatic N) is 2. The van der Waals surface area contributed by atoms with Crippen molar-refractivity contribution in [2.24, 2.45) is 0 Å². The van der Waals surface area contributed by atoms with E-state index in [1.165, 1.54) is 4.90 Å². The molecule has 1 aliphatic heterocycles. The van der Waals surface area contributed by atoms with Crippen molar-refractivity contribution >= 4 is 29.1 Å². The van der Waals surface area contributed by atoms with Crippen LogP contribution in [0, 0.1) is 6.92 Å². The molecule has 2 aromatic rings. The maximum Gasteiger partial charge on any atom is 0.266 e. The van der Waals surface area contributed by atoms with E-state index in [1.54, 1.807) is 19.1 Å². The van der Waals surface area contributed by atoms with Gasteiger partial charge in [-0.1, -0.05) is 25.1 Å². The third-order valence-corrected chi connectivity index (χ3v) is 4.46. The first-order valence-corrected chi connectivity index (χ1v) is 8.53. The van der Waals surface area contributed by atoms with Crippen molar-refractivity contribution in [1.29, 1.82) is 0 Å². The van der Waals surface area contributed by atoms with E-state index in [-0.39, 0.29) is 30.1 Å². The van der Waals surface area contributed by atoms with Gasteiger partial charge in [-0.3, -0.25) is 14.5 Å². The highest BCUT2D eigenvalue weighted by Crippen LogP contribution is 2.32. The van der Waals surface area contributed by atoms with E-state index in [1.807, 2.05) is 32.0 Å². The fraction of sp³-hybridized carbons (Fsp3) is 0.316. The molecule has 7 nitrogen and oxygen atoms in total. The number of nitrogens with two attached hydrogens (primary N) is 1. The van der Waals surface area contributed by atoms with Gasteiger partial charge in [0.05, 0.1) is 0 Å². The molecule has 26 heavy (non-hydrogen) atoms. The second-order valence-corrected chi connectivity index (χ2v) is 6.24. The number of hydrogen-bond acceptors (Lipinski definition) is 5. The highest BCUT2D eigenvalue weighted by atomic mass is 16.5. The van der Waals surface area contributed by atoms with E-state index in [0.29, 0.717) is 5.75 Å². The summed E-state index contributed by atoms with van der Waals surface area (Å²) in [4.78, 5) is 30.8. The number of aryl methyl sites for hydroxylation is 2. The van der Waals surface area contributed by atoms with Gasteiger partial charge in [-0.05, 0) is 43.5 Å². The minimum Gasteiger partial charge on any atom is -0.480 e. The van der Waals surface area contributed by atoms with Gasteiger partial charge in [0.25, 0.3) is 5.91 Å². The monoisotopic (exact) mass is 354 g/mol. The van der Waals surface area contributed by atoms with E-state index in [4.69, 9.17) is 10.5 Å². The summed E-state index contributed by atoms with van der Waals surface area (Å²) in [7, 11) is 0. The summed E-state index contributed by atoms with van der Waals surface area (Å²) in [6.07, 6.45) is 0.795. The van der Waals surface area contributed by atoms with Gasteiger partial charge in [0.2, 0.25) is 5.91 Å². The Balaban J connectivity index is 1.90. The number of carbonyl (C=O) groups is 2. The molecule has 1 aliphatic rings. The number of nitrogens with one attached hydrogen (secondary N) is 1. The van der Waals surface area contributed by atoms with Gasteiger partial charge in [0.15, 0.2) is 18.2 Å². The van der Waals surface area contributed by atoms with E-state index in [9.17, 15) is 9.59 Å². The molecule has 2 amide bonds. The Bertz CT molecular complexity index is 866. The third kappa shape index (κ3) is 3.20. The van der Waals surface area contributed by atoms with Crippen LogP contribution in [0.1, 0.15) is 25.0 Å². The number of carbonyl (C=O) groups excluding carboxylic acids is 2. The predicted octanol–water partition coefficient (Wildman–Crippen LogP) is 2.29. The third-order valence-electron chi connectivity index (χ3n) is 4.46. The van der Waals surface area contributed by atoms with Crippen LogP contribution < -0.4 is 20.7 Å². The minimum absolute atomic E-state index is 0.138. The highest BCUT2D eigenvalue weighted by Gasteiger charge is 2.34. The minimum atomic E-state index is -0.760. The van der Waals surface area contributed by atoms with Gasteiger partial charge >= 0.3 is 0 Å². The van der Waals surface area contributed by atoms with E-state index in [2.05, 4.69) is 10.3 Å². The molecule has 0 bridgehead atoms. The molecule has 0 aliphatic carbocycles. The summed E-state index contributed by atoms with van der Waals surface area (Å²) < 4.78 is 5.38. The molecular weight excluding hydrogens is 332 g/mol. The molecule has 0 radical (unpaired) electrons. The SMILES string of the molecule is CCc1cccc(C)c1NC(=O)C(C)N1C(=O)COc2ccc(N)nc21. The molecule has 1 atom stereocenters. The second-order valence-electron chi connectivity index (χ2n) is 6.24. The fourth-order valence-electron chi connectivity index (χ4n) is 3.01. The number of anilines is 3. The van der Waals surface area contributed by atoms with Crippen molar-refractivity contribution in [3.8, 4) is 5.75 Å². The summed E-state index contributed by atoms with van der Waals surface area (Å²) in [5.41, 5.74) is 8.54. The standard InChI is InChI=1S/C19H22N4O3/c1-4-13-7-5-6-11(2)17(13)22-19(25)12(3)23-16(24)10-26-14-8-9-15(20)21-18(14)23/h5-9,12H,4,10H2,1-3H3,(H2,20,21)(H,22,25). The molecule has 1 unspecified atom stereocenters. The van der Waals surface area contributed by atoms with E-state index >= 15 is 0 Å². The van der Waals surface area contributed by atoms with Crippen LogP contribution in [0.15, 0.2) is 30.3 Å². The summed E-state index contributed by atoms with van der Waals surface area (Å²) in [5.74, 6) is 0.331. The lowest BCUT2D eigenvalue weighted by atomic mass is 10.1. The predicted molar refractivity (Wildman–Crippen MR) is 100 cm³/mol. The van der Waals surface area contributed by atoms with Gasteiger partial charge in [-0.15, -0.1) is 0 Å². The van der Waals surface area contributed by atoms with Crippen molar-refractivity contribution in [3.63, 3.8) is 0 Å². The van der Waals surface area contributed by atoms with Crippen LogP contribution in [0.3, 0.4) is 0 Å². The molecule has 0 fully saturated rings. The number of aromatic nitrogens is 1. The van der Waals surface area contributed by atoms with Crippen LogP contribution in [0.4, 0.5) is 17.3 Å². The average molecular weight is 354 g/mol. The topological polar surface area (TPSA) is 97.5 Å². The van der Waals surface area contributed by atoms with Crippen LogP contribution >= 0.6 is 0 Å². The number of amides is 2. The Morgan fingerprint density at radius 2 is 2.15 bits per heavy atom. The van der Waals surface area contributed by atoms with Gasteiger partial charge < -0.3 is 15.8 Å². The smallest absolute Gasteiger partial charge is 0.266 e. The van der Waals surface area contributed by atoms with Crippen LogP contribution in [0.25, 0.3) is 0 Å². The number of para-hydroxylation sites is 1. The number of nitrogen functional groups attached to an aromatic ring is 1. The number of fused-ring (bicyclic) bond motifs is 1. The quantitative estimate of drug-likeness (QED) is 0.878. The van der Waals surface area contributed by atoms with Crippen molar-refractivity contribution in [2.75, 3.05) is 22.6 Å². The Hall–Kier alpha value is -3.09. The molecule has 136 valence electrons. The molecule has 7 heteroatoms. The Kier molecular flexibility index (Phi) is 4.79. The van der Waals surface area contributed by atoms with Crippen molar-refractivity contribution in [2.45, 2.75) is 33.2 Å². The lowest BCUT2D eigenvalue weighted by Gasteiger charge is -2.32. The highest BCUT2D eigenvalue weighted by molar-refractivity contribution is 6.06. The molecule has 0 spiro atoms. The lowest BCUT2D eigenvalue weighted by Crippen LogP contribution is -2.50. The number of rotatable bonds is 4. The molecule has 1 aromatic heterocycles. The van der Waals surface area contributed by atoms with Crippen LogP contribution in [0.5, 0.6) is 5.75 Å². The first kappa shape index (κ1) is 17.7. The summed E-state index contributed by atoms with van der Waals surface area (Å²) in [5, 5.41) is 2.96. The largest absolute Gasteiger partial charge is 0.480 e. The van der Waals surface area contributed by atoms with Gasteiger partial charge in [-0.2, -0.15) is 0 Å². The number of hydrogen-bond donors (Lipinski definition) is 2. The first-order valence-electron chi connectivity index (χ1n) is 8.53. The van der Waals surface area contributed by atoms with Gasteiger partial charge in [0, 0.05) is 5.69 Å². The Labute approximate surface area is 152 Å². The lowest BCUT2D eigenvalue weighted by molar-refractivity contribution is -0.125. The maximum atomic E-state index is 12.9. The number of ether oxygens (including phenoxy) is 1. The van der Waals surface area contributed by atoms with Crippen LogP contribution in [-0.2, 0) is 16.0 Å². The molecule has 3 N–H and O–H groups in total. The van der Waals surface area contributed by atoms with E-state index < -0.39 is 6.04 Å². The number of pyridine rings is 1. The van der Waals surface area contributed by atoms with E-state index in [0.717, 1.165) is 23.2 Å². The van der Waals surface area contributed by atoms with Crippen molar-refractivity contribution < 1.29 is 14.3 Å². The second kappa shape index (κ2) is 7.03. The van der Waals surface area contributed by atoms with Crippen LogP contribution in [0.2, 0.25) is 0 Å². The fourth-order valence-corrected chi connectivity index (χ4v) is 3.01. The molecule has 2 heterocycles. The molecule has 0 saturated heterocycles. The molecule has 3 rings (SSSR count). The zero-order valence-corrected chi connectivity index (χ0v) is 15.1. The molecular formula is C19H22N4O3. The zero-order valence-electron chi connectivity index (χ0n) is 15.1. The van der Waals surface area contributed by atoms with Gasteiger partial charge in [-0.25, -0.2) is 4.98 Å².